The van der Waals surface area contributed by atoms with Gasteiger partial charge in [-0.25, -0.2) is 0 Å². The fraction of sp³-hybridized carbons (Fsp3) is 0.611. The molecule has 1 amide bonds. The largest absolute Gasteiger partial charge is 0.454 e. The highest BCUT2D eigenvalue weighted by Gasteiger charge is 2.15. The maximum Gasteiger partial charge on any atom is 0.231 e. The zero-order valence-electron chi connectivity index (χ0n) is 13.1. The Morgan fingerprint density at radius 1 is 1.09 bits per heavy atom. The number of aryl methyl sites for hydroxylation is 1. The zero-order chi connectivity index (χ0) is 15.2. The summed E-state index contributed by atoms with van der Waals surface area (Å²) in [5.41, 5.74) is 1.25. The van der Waals surface area contributed by atoms with E-state index in [1.807, 2.05) is 12.1 Å². The Labute approximate surface area is 132 Å². The van der Waals surface area contributed by atoms with Crippen molar-refractivity contribution in [3.8, 4) is 11.5 Å². The quantitative estimate of drug-likeness (QED) is 0.817. The standard InChI is InChI=1S/C18H25NO3/c20-18(19-15-7-2-1-3-8-15)9-5-4-6-14-10-11-16-17(12-14)22-13-21-16/h10-12,15H,1-9,13H2,(H,19,20). The molecule has 0 radical (unpaired) electrons. The molecule has 0 spiro atoms. The third-order valence-corrected chi connectivity index (χ3v) is 4.53. The van der Waals surface area contributed by atoms with Gasteiger partial charge in [-0.05, 0) is 49.8 Å². The van der Waals surface area contributed by atoms with E-state index in [-0.39, 0.29) is 5.91 Å². The molecule has 1 aliphatic carbocycles. The Morgan fingerprint density at radius 3 is 2.77 bits per heavy atom. The number of hydrogen-bond acceptors (Lipinski definition) is 3. The number of nitrogens with one attached hydrogen (secondary N) is 1. The van der Waals surface area contributed by atoms with E-state index in [1.54, 1.807) is 0 Å². The van der Waals surface area contributed by atoms with Crippen molar-refractivity contribution in [1.82, 2.24) is 5.32 Å². The third-order valence-electron chi connectivity index (χ3n) is 4.53. The van der Waals surface area contributed by atoms with Gasteiger partial charge in [0.2, 0.25) is 12.7 Å². The first kappa shape index (κ1) is 15.2. The number of carbonyl (C=O) groups excluding carboxylic acids is 1. The summed E-state index contributed by atoms with van der Waals surface area (Å²) in [5.74, 6) is 1.89. The Kier molecular flexibility index (Phi) is 5.20. The maximum absolute atomic E-state index is 11.9. The first-order valence-electron chi connectivity index (χ1n) is 8.49. The molecule has 0 aromatic heterocycles. The summed E-state index contributed by atoms with van der Waals surface area (Å²) in [6, 6.07) is 6.52. The summed E-state index contributed by atoms with van der Waals surface area (Å²) in [6.45, 7) is 0.320. The van der Waals surface area contributed by atoms with Gasteiger partial charge in [0.05, 0.1) is 0 Å². The lowest BCUT2D eigenvalue weighted by molar-refractivity contribution is -0.122. The second-order valence-corrected chi connectivity index (χ2v) is 6.30. The van der Waals surface area contributed by atoms with E-state index in [9.17, 15) is 4.79 Å². The monoisotopic (exact) mass is 303 g/mol. The van der Waals surface area contributed by atoms with Crippen LogP contribution in [0.15, 0.2) is 18.2 Å². The Hall–Kier alpha value is -1.71. The number of hydrogen-bond donors (Lipinski definition) is 1. The van der Waals surface area contributed by atoms with Crippen molar-refractivity contribution in [2.75, 3.05) is 6.79 Å². The first-order valence-corrected chi connectivity index (χ1v) is 8.49. The molecule has 1 heterocycles. The van der Waals surface area contributed by atoms with E-state index >= 15 is 0 Å². The van der Waals surface area contributed by atoms with Crippen molar-refractivity contribution < 1.29 is 14.3 Å². The van der Waals surface area contributed by atoms with Gasteiger partial charge in [-0.1, -0.05) is 25.3 Å². The van der Waals surface area contributed by atoms with Crippen molar-refractivity contribution in [2.24, 2.45) is 0 Å². The minimum absolute atomic E-state index is 0.220. The highest BCUT2D eigenvalue weighted by molar-refractivity contribution is 5.76. The van der Waals surface area contributed by atoms with Crippen molar-refractivity contribution in [3.05, 3.63) is 23.8 Å². The number of ether oxygens (including phenoxy) is 2. The van der Waals surface area contributed by atoms with Crippen molar-refractivity contribution in [3.63, 3.8) is 0 Å². The van der Waals surface area contributed by atoms with Crippen LogP contribution in [0.25, 0.3) is 0 Å². The van der Waals surface area contributed by atoms with Crippen LogP contribution in [-0.2, 0) is 11.2 Å². The molecule has 0 bridgehead atoms. The van der Waals surface area contributed by atoms with E-state index < -0.39 is 0 Å². The van der Waals surface area contributed by atoms with Crippen molar-refractivity contribution in [1.29, 1.82) is 0 Å². The molecule has 0 saturated heterocycles. The van der Waals surface area contributed by atoms with Gasteiger partial charge in [-0.3, -0.25) is 4.79 Å². The molecule has 0 atom stereocenters. The molecular formula is C18H25NO3. The Balaban J connectivity index is 1.34. The Morgan fingerprint density at radius 2 is 1.91 bits per heavy atom. The van der Waals surface area contributed by atoms with Gasteiger partial charge in [0.1, 0.15) is 0 Å². The van der Waals surface area contributed by atoms with Crippen LogP contribution in [0.2, 0.25) is 0 Å². The van der Waals surface area contributed by atoms with Crippen LogP contribution >= 0.6 is 0 Å². The maximum atomic E-state index is 11.9. The number of carbonyl (C=O) groups is 1. The molecule has 1 aromatic rings. The number of unbranched alkanes of at least 4 members (excludes halogenated alkanes) is 1. The normalized spacial score (nSPS) is 17.5. The van der Waals surface area contributed by atoms with E-state index in [0.29, 0.717) is 19.3 Å². The lowest BCUT2D eigenvalue weighted by atomic mass is 9.95. The van der Waals surface area contributed by atoms with Crippen LogP contribution in [0.5, 0.6) is 11.5 Å². The summed E-state index contributed by atoms with van der Waals surface area (Å²) < 4.78 is 10.7. The highest BCUT2D eigenvalue weighted by Crippen LogP contribution is 2.32. The van der Waals surface area contributed by atoms with Crippen molar-refractivity contribution >= 4 is 5.91 Å². The van der Waals surface area contributed by atoms with Crippen LogP contribution in [-0.4, -0.2) is 18.7 Å². The van der Waals surface area contributed by atoms with Gasteiger partial charge in [0.25, 0.3) is 0 Å². The summed E-state index contributed by atoms with van der Waals surface area (Å²) in [7, 11) is 0. The van der Waals surface area contributed by atoms with Crippen LogP contribution in [0.3, 0.4) is 0 Å². The van der Waals surface area contributed by atoms with Crippen LogP contribution < -0.4 is 14.8 Å². The molecular weight excluding hydrogens is 278 g/mol. The molecule has 1 aliphatic heterocycles. The molecule has 3 rings (SSSR count). The van der Waals surface area contributed by atoms with Gasteiger partial charge < -0.3 is 14.8 Å². The van der Waals surface area contributed by atoms with Gasteiger partial charge in [-0.2, -0.15) is 0 Å². The number of benzene rings is 1. The third kappa shape index (κ3) is 4.15. The van der Waals surface area contributed by atoms with Gasteiger partial charge in [-0.15, -0.1) is 0 Å². The smallest absolute Gasteiger partial charge is 0.231 e. The summed E-state index contributed by atoms with van der Waals surface area (Å²) >= 11 is 0. The van der Waals surface area contributed by atoms with E-state index in [4.69, 9.17) is 9.47 Å². The predicted octanol–water partition coefficient (Wildman–Crippen LogP) is 3.58. The van der Waals surface area contributed by atoms with Gasteiger partial charge >= 0.3 is 0 Å². The van der Waals surface area contributed by atoms with Crippen molar-refractivity contribution in [2.45, 2.75) is 63.8 Å². The summed E-state index contributed by atoms with van der Waals surface area (Å²) in [6.07, 6.45) is 9.73. The molecule has 4 heteroatoms. The predicted molar refractivity (Wildman–Crippen MR) is 85.1 cm³/mol. The average Bonchev–Trinajstić information content (AvgIpc) is 3.00. The molecule has 4 nitrogen and oxygen atoms in total. The zero-order valence-corrected chi connectivity index (χ0v) is 13.1. The summed E-state index contributed by atoms with van der Waals surface area (Å²) in [4.78, 5) is 11.9. The van der Waals surface area contributed by atoms with E-state index in [0.717, 1.165) is 43.6 Å². The molecule has 0 unspecified atom stereocenters. The number of amides is 1. The molecule has 1 fully saturated rings. The molecule has 1 aromatic carbocycles. The lowest BCUT2D eigenvalue weighted by Gasteiger charge is -2.22. The molecule has 22 heavy (non-hydrogen) atoms. The SMILES string of the molecule is O=C(CCCCc1ccc2c(c1)OCO2)NC1CCCCC1. The van der Waals surface area contributed by atoms with Gasteiger partial charge in [0.15, 0.2) is 11.5 Å². The fourth-order valence-electron chi connectivity index (χ4n) is 3.26. The molecule has 120 valence electrons. The van der Waals surface area contributed by atoms with Gasteiger partial charge in [0, 0.05) is 12.5 Å². The van der Waals surface area contributed by atoms with E-state index in [2.05, 4.69) is 11.4 Å². The number of fused-ring (bicyclic) bond motifs is 1. The highest BCUT2D eigenvalue weighted by atomic mass is 16.7. The minimum atomic E-state index is 0.220. The van der Waals surface area contributed by atoms with E-state index in [1.165, 1.54) is 24.8 Å². The average molecular weight is 303 g/mol. The molecule has 1 N–H and O–H groups in total. The molecule has 2 aliphatic rings. The summed E-state index contributed by atoms with van der Waals surface area (Å²) in [5, 5.41) is 3.18. The first-order chi connectivity index (χ1) is 10.8. The van der Waals surface area contributed by atoms with Crippen LogP contribution in [0.1, 0.15) is 56.9 Å². The Bertz CT molecular complexity index is 509. The molecule has 1 saturated carbocycles. The fourth-order valence-corrected chi connectivity index (χ4v) is 3.26. The lowest BCUT2D eigenvalue weighted by Crippen LogP contribution is -2.35. The topological polar surface area (TPSA) is 47.6 Å². The second kappa shape index (κ2) is 7.52. The second-order valence-electron chi connectivity index (χ2n) is 6.30. The van der Waals surface area contributed by atoms with Crippen LogP contribution in [0, 0.1) is 0 Å². The number of rotatable bonds is 6. The van der Waals surface area contributed by atoms with Crippen LogP contribution in [0.4, 0.5) is 0 Å². The minimum Gasteiger partial charge on any atom is -0.454 e.